The van der Waals surface area contributed by atoms with E-state index in [9.17, 15) is 14.9 Å². The number of hydrogen-bond donors (Lipinski definition) is 1. The van der Waals surface area contributed by atoms with Gasteiger partial charge in [-0.3, -0.25) is 14.9 Å². The standard InChI is InChI=1S/C19H15N5O3S2/c1-11-9-16(23(22-11)14-3-5-15(6-4-14)24(26)27)21-18(25)17-12(2)20-19(29-17)13-7-8-28-10-13/h3-10H,1-2H3,(H,21,25). The molecule has 29 heavy (non-hydrogen) atoms. The first-order chi connectivity index (χ1) is 13.9. The van der Waals surface area contributed by atoms with Crippen LogP contribution in [0.3, 0.4) is 0 Å². The van der Waals surface area contributed by atoms with Gasteiger partial charge in [0.1, 0.15) is 15.7 Å². The molecule has 1 amide bonds. The summed E-state index contributed by atoms with van der Waals surface area (Å²) >= 11 is 2.92. The number of hydrogen-bond acceptors (Lipinski definition) is 7. The van der Waals surface area contributed by atoms with Crippen molar-refractivity contribution in [3.05, 3.63) is 73.5 Å². The van der Waals surface area contributed by atoms with E-state index in [2.05, 4.69) is 15.4 Å². The minimum atomic E-state index is -0.460. The second kappa shape index (κ2) is 7.57. The maximum Gasteiger partial charge on any atom is 0.269 e. The van der Waals surface area contributed by atoms with Crippen molar-refractivity contribution < 1.29 is 9.72 Å². The van der Waals surface area contributed by atoms with Crippen LogP contribution in [0.4, 0.5) is 11.5 Å². The zero-order chi connectivity index (χ0) is 20.5. The lowest BCUT2D eigenvalue weighted by atomic mass is 10.3. The molecule has 3 heterocycles. The predicted octanol–water partition coefficient (Wildman–Crippen LogP) is 4.83. The normalized spacial score (nSPS) is 10.8. The van der Waals surface area contributed by atoms with Gasteiger partial charge in [0.2, 0.25) is 0 Å². The Morgan fingerprint density at radius 1 is 1.21 bits per heavy atom. The Balaban J connectivity index is 1.62. The number of thiophene rings is 1. The molecule has 0 aliphatic rings. The molecule has 10 heteroatoms. The van der Waals surface area contributed by atoms with E-state index >= 15 is 0 Å². The molecule has 0 bridgehead atoms. The Morgan fingerprint density at radius 2 is 1.97 bits per heavy atom. The van der Waals surface area contributed by atoms with Gasteiger partial charge >= 0.3 is 0 Å². The largest absolute Gasteiger partial charge is 0.306 e. The van der Waals surface area contributed by atoms with Crippen molar-refractivity contribution in [1.29, 1.82) is 0 Å². The molecule has 3 aromatic heterocycles. The molecule has 146 valence electrons. The first-order valence-corrected chi connectivity index (χ1v) is 10.3. The van der Waals surface area contributed by atoms with Crippen LogP contribution in [0, 0.1) is 24.0 Å². The molecule has 8 nitrogen and oxygen atoms in total. The van der Waals surface area contributed by atoms with Crippen molar-refractivity contribution in [2.75, 3.05) is 5.32 Å². The van der Waals surface area contributed by atoms with Crippen LogP contribution in [0.1, 0.15) is 21.1 Å². The predicted molar refractivity (Wildman–Crippen MR) is 113 cm³/mol. The zero-order valence-corrected chi connectivity index (χ0v) is 17.1. The zero-order valence-electron chi connectivity index (χ0n) is 15.4. The van der Waals surface area contributed by atoms with E-state index in [1.807, 2.05) is 23.8 Å². The van der Waals surface area contributed by atoms with E-state index in [1.54, 1.807) is 41.1 Å². The van der Waals surface area contributed by atoms with Crippen LogP contribution in [0.15, 0.2) is 47.2 Å². The fourth-order valence-corrected chi connectivity index (χ4v) is 4.46. The van der Waals surface area contributed by atoms with Gasteiger partial charge in [-0.05, 0) is 37.4 Å². The van der Waals surface area contributed by atoms with Crippen LogP contribution >= 0.6 is 22.7 Å². The number of carbonyl (C=O) groups excluding carboxylic acids is 1. The molecule has 1 aromatic carbocycles. The van der Waals surface area contributed by atoms with E-state index in [1.165, 1.54) is 23.5 Å². The van der Waals surface area contributed by atoms with Gasteiger partial charge in [0.05, 0.1) is 22.0 Å². The molecule has 0 unspecified atom stereocenters. The van der Waals surface area contributed by atoms with Crippen LogP contribution in [-0.2, 0) is 0 Å². The number of anilines is 1. The summed E-state index contributed by atoms with van der Waals surface area (Å²) < 4.78 is 1.55. The molecule has 0 saturated carbocycles. The molecule has 1 N–H and O–H groups in total. The number of rotatable bonds is 5. The Morgan fingerprint density at radius 3 is 2.62 bits per heavy atom. The summed E-state index contributed by atoms with van der Waals surface area (Å²) in [5.41, 5.74) is 2.96. The molecule has 0 atom stereocenters. The van der Waals surface area contributed by atoms with Gasteiger partial charge in [-0.15, -0.1) is 11.3 Å². The van der Waals surface area contributed by atoms with Crippen molar-refractivity contribution in [3.8, 4) is 16.3 Å². The number of non-ortho nitro benzene ring substituents is 1. The van der Waals surface area contributed by atoms with Crippen molar-refractivity contribution in [2.45, 2.75) is 13.8 Å². The van der Waals surface area contributed by atoms with E-state index in [4.69, 9.17) is 0 Å². The maximum atomic E-state index is 12.9. The fraction of sp³-hybridized carbons (Fsp3) is 0.105. The van der Waals surface area contributed by atoms with Crippen LogP contribution in [0.25, 0.3) is 16.3 Å². The number of amides is 1. The van der Waals surface area contributed by atoms with Gasteiger partial charge in [-0.2, -0.15) is 16.4 Å². The van der Waals surface area contributed by atoms with Gasteiger partial charge in [-0.1, -0.05) is 0 Å². The lowest BCUT2D eigenvalue weighted by Crippen LogP contribution is -2.15. The molecular weight excluding hydrogens is 410 g/mol. The average Bonchev–Trinajstić information content (AvgIpc) is 3.42. The van der Waals surface area contributed by atoms with Crippen LogP contribution < -0.4 is 5.32 Å². The van der Waals surface area contributed by atoms with Gasteiger partial charge in [0.15, 0.2) is 0 Å². The number of nitro benzene ring substituents is 1. The van der Waals surface area contributed by atoms with Crippen LogP contribution in [0.5, 0.6) is 0 Å². The number of benzene rings is 1. The van der Waals surface area contributed by atoms with Gasteiger partial charge in [0.25, 0.3) is 11.6 Å². The van der Waals surface area contributed by atoms with Crippen molar-refractivity contribution in [3.63, 3.8) is 0 Å². The number of aromatic nitrogens is 3. The highest BCUT2D eigenvalue weighted by molar-refractivity contribution is 7.17. The molecule has 0 spiro atoms. The number of carbonyl (C=O) groups is 1. The third kappa shape index (κ3) is 3.80. The average molecular weight is 425 g/mol. The lowest BCUT2D eigenvalue weighted by Gasteiger charge is -2.08. The molecule has 0 fully saturated rings. The summed E-state index contributed by atoms with van der Waals surface area (Å²) in [5.74, 6) is 0.204. The van der Waals surface area contributed by atoms with Crippen molar-refractivity contribution >= 4 is 40.1 Å². The molecular formula is C19H15N5O3S2. The summed E-state index contributed by atoms with van der Waals surface area (Å²) in [7, 11) is 0. The third-order valence-corrected chi connectivity index (χ3v) is 6.04. The molecule has 0 aliphatic heterocycles. The number of thiazole rings is 1. The minimum absolute atomic E-state index is 0.00976. The van der Waals surface area contributed by atoms with E-state index in [-0.39, 0.29) is 11.6 Å². The summed E-state index contributed by atoms with van der Waals surface area (Å²) in [4.78, 5) is 28.3. The van der Waals surface area contributed by atoms with Gasteiger partial charge < -0.3 is 5.32 Å². The van der Waals surface area contributed by atoms with Gasteiger partial charge in [0, 0.05) is 29.1 Å². The van der Waals surface area contributed by atoms with E-state index in [0.717, 1.165) is 10.6 Å². The van der Waals surface area contributed by atoms with Crippen molar-refractivity contribution in [2.24, 2.45) is 0 Å². The Labute approximate surface area is 173 Å². The molecule has 0 saturated heterocycles. The number of nitrogens with one attached hydrogen (secondary N) is 1. The summed E-state index contributed by atoms with van der Waals surface area (Å²) in [6.07, 6.45) is 0. The number of aryl methyl sites for hydroxylation is 2. The highest BCUT2D eigenvalue weighted by Gasteiger charge is 2.19. The Kier molecular flexibility index (Phi) is 4.95. The first kappa shape index (κ1) is 19.0. The second-order valence-corrected chi connectivity index (χ2v) is 8.04. The smallest absolute Gasteiger partial charge is 0.269 e. The molecule has 0 aliphatic carbocycles. The topological polar surface area (TPSA) is 103 Å². The summed E-state index contributed by atoms with van der Waals surface area (Å²) in [6.45, 7) is 3.62. The Hall–Kier alpha value is -3.37. The Bertz CT molecular complexity index is 1190. The highest BCUT2D eigenvalue weighted by Crippen LogP contribution is 2.30. The molecule has 4 rings (SSSR count). The van der Waals surface area contributed by atoms with Crippen LogP contribution in [0.2, 0.25) is 0 Å². The van der Waals surface area contributed by atoms with Crippen molar-refractivity contribution in [1.82, 2.24) is 14.8 Å². The highest BCUT2D eigenvalue weighted by atomic mass is 32.1. The SMILES string of the molecule is Cc1cc(NC(=O)c2sc(-c3ccsc3)nc2C)n(-c2ccc([N+](=O)[O-])cc2)n1. The first-order valence-electron chi connectivity index (χ1n) is 8.55. The van der Waals surface area contributed by atoms with E-state index < -0.39 is 4.92 Å². The second-order valence-electron chi connectivity index (χ2n) is 6.26. The molecule has 4 aromatic rings. The summed E-state index contributed by atoms with van der Waals surface area (Å²) in [6, 6.07) is 9.70. The number of nitrogens with zero attached hydrogens (tertiary/aromatic N) is 4. The van der Waals surface area contributed by atoms with E-state index in [0.29, 0.717) is 27.8 Å². The van der Waals surface area contributed by atoms with Gasteiger partial charge in [-0.25, -0.2) is 9.67 Å². The summed E-state index contributed by atoms with van der Waals surface area (Å²) in [5, 5.41) is 22.9. The minimum Gasteiger partial charge on any atom is -0.306 e. The third-order valence-electron chi connectivity index (χ3n) is 4.15. The van der Waals surface area contributed by atoms with Crippen LogP contribution in [-0.4, -0.2) is 25.6 Å². The number of nitro groups is 1. The monoisotopic (exact) mass is 425 g/mol. The maximum absolute atomic E-state index is 12.9. The quantitative estimate of drug-likeness (QED) is 0.364. The lowest BCUT2D eigenvalue weighted by molar-refractivity contribution is -0.384. The fourth-order valence-electron chi connectivity index (χ4n) is 2.79. The molecule has 0 radical (unpaired) electrons.